The van der Waals surface area contributed by atoms with E-state index in [-0.39, 0.29) is 17.8 Å². The van der Waals surface area contributed by atoms with E-state index >= 15 is 0 Å². The summed E-state index contributed by atoms with van der Waals surface area (Å²) in [6.07, 6.45) is 0.679. The molecule has 2 rings (SSSR count). The molecule has 0 bridgehead atoms. The predicted octanol–water partition coefficient (Wildman–Crippen LogP) is 1.78. The lowest BCUT2D eigenvalue weighted by Crippen LogP contribution is -2.47. The number of halogens is 1. The van der Waals surface area contributed by atoms with Crippen LogP contribution in [0.3, 0.4) is 0 Å². The minimum atomic E-state index is -0.182. The molecule has 0 aliphatic carbocycles. The second-order valence-electron chi connectivity index (χ2n) is 4.21. The van der Waals surface area contributed by atoms with Crippen LogP contribution in [0.2, 0.25) is 0 Å². The molecule has 3 heteroatoms. The Morgan fingerprint density at radius 2 is 2.20 bits per heavy atom. The Kier molecular flexibility index (Phi) is 2.76. The lowest BCUT2D eigenvalue weighted by atomic mass is 9.75. The molecule has 2 nitrogen and oxygen atoms in total. The van der Waals surface area contributed by atoms with Crippen LogP contribution in [0.1, 0.15) is 17.5 Å². The third-order valence-corrected chi connectivity index (χ3v) is 3.12. The molecular formula is C12H15FO2. The lowest BCUT2D eigenvalue weighted by molar-refractivity contribution is -0.0701. The molecule has 0 aromatic heterocycles. The molecule has 0 unspecified atom stereocenters. The van der Waals surface area contributed by atoms with Crippen LogP contribution in [0.25, 0.3) is 0 Å². The van der Waals surface area contributed by atoms with Gasteiger partial charge in [-0.25, -0.2) is 4.39 Å². The highest BCUT2D eigenvalue weighted by Crippen LogP contribution is 2.36. The quantitative estimate of drug-likeness (QED) is 0.824. The maximum absolute atomic E-state index is 13.1. The summed E-state index contributed by atoms with van der Waals surface area (Å²) in [7, 11) is 0. The van der Waals surface area contributed by atoms with Crippen LogP contribution in [0.5, 0.6) is 0 Å². The Morgan fingerprint density at radius 3 is 2.67 bits per heavy atom. The highest BCUT2D eigenvalue weighted by molar-refractivity contribution is 5.32. The number of rotatable bonds is 3. The van der Waals surface area contributed by atoms with Crippen molar-refractivity contribution in [3.8, 4) is 0 Å². The molecule has 1 aliphatic rings. The average Bonchev–Trinajstić information content (AvgIpc) is 2.16. The first-order valence-electron chi connectivity index (χ1n) is 5.13. The van der Waals surface area contributed by atoms with Crippen molar-refractivity contribution < 1.29 is 14.2 Å². The fourth-order valence-electron chi connectivity index (χ4n) is 1.99. The van der Waals surface area contributed by atoms with Gasteiger partial charge in [0.1, 0.15) is 5.82 Å². The van der Waals surface area contributed by atoms with Crippen molar-refractivity contribution in [2.75, 3.05) is 19.8 Å². The van der Waals surface area contributed by atoms with Crippen molar-refractivity contribution in [2.45, 2.75) is 18.8 Å². The fourth-order valence-corrected chi connectivity index (χ4v) is 1.99. The Balaban J connectivity index is 2.30. The van der Waals surface area contributed by atoms with Crippen LogP contribution < -0.4 is 0 Å². The number of aliphatic hydroxyl groups excluding tert-OH is 1. The maximum atomic E-state index is 13.1. The number of hydrogen-bond acceptors (Lipinski definition) is 2. The predicted molar refractivity (Wildman–Crippen MR) is 55.3 cm³/mol. The van der Waals surface area contributed by atoms with Gasteiger partial charge in [-0.1, -0.05) is 12.1 Å². The lowest BCUT2D eigenvalue weighted by Gasteiger charge is -2.41. The molecule has 1 aromatic rings. The van der Waals surface area contributed by atoms with E-state index in [0.717, 1.165) is 5.56 Å². The third-order valence-electron chi connectivity index (χ3n) is 3.12. The number of aryl methyl sites for hydroxylation is 1. The summed E-state index contributed by atoms with van der Waals surface area (Å²) < 4.78 is 18.3. The van der Waals surface area contributed by atoms with Crippen molar-refractivity contribution in [3.05, 3.63) is 35.1 Å². The highest BCUT2D eigenvalue weighted by atomic mass is 19.1. The number of hydrogen-bond donors (Lipinski definition) is 1. The van der Waals surface area contributed by atoms with Gasteiger partial charge in [-0.05, 0) is 30.5 Å². The van der Waals surface area contributed by atoms with Gasteiger partial charge in [0.15, 0.2) is 0 Å². The largest absolute Gasteiger partial charge is 0.396 e. The van der Waals surface area contributed by atoms with Crippen LogP contribution in [-0.2, 0) is 10.2 Å². The molecular weight excluding hydrogens is 195 g/mol. The SMILES string of the molecule is Cc1cc(C2(CCO)COC2)ccc1F. The molecule has 0 radical (unpaired) electrons. The molecule has 1 fully saturated rings. The Hall–Kier alpha value is -0.930. The highest BCUT2D eigenvalue weighted by Gasteiger charge is 2.39. The summed E-state index contributed by atoms with van der Waals surface area (Å²) in [6, 6.07) is 5.14. The van der Waals surface area contributed by atoms with Gasteiger partial charge in [-0.15, -0.1) is 0 Å². The number of ether oxygens (including phenoxy) is 1. The summed E-state index contributed by atoms with van der Waals surface area (Å²) in [4.78, 5) is 0. The smallest absolute Gasteiger partial charge is 0.126 e. The Morgan fingerprint density at radius 1 is 1.47 bits per heavy atom. The van der Waals surface area contributed by atoms with Crippen molar-refractivity contribution >= 4 is 0 Å². The standard InChI is InChI=1S/C12H15FO2/c1-9-6-10(2-3-11(9)13)12(4-5-14)7-15-8-12/h2-3,6,14H,4-5,7-8H2,1H3. The Bertz CT molecular complexity index is 359. The molecule has 0 amide bonds. The van der Waals surface area contributed by atoms with E-state index in [0.29, 0.717) is 25.2 Å². The van der Waals surface area contributed by atoms with E-state index in [1.165, 1.54) is 6.07 Å². The molecule has 1 aromatic carbocycles. The van der Waals surface area contributed by atoms with Gasteiger partial charge in [0.25, 0.3) is 0 Å². The van der Waals surface area contributed by atoms with E-state index in [4.69, 9.17) is 9.84 Å². The van der Waals surface area contributed by atoms with E-state index < -0.39 is 0 Å². The molecule has 15 heavy (non-hydrogen) atoms. The summed E-state index contributed by atoms with van der Waals surface area (Å²) in [6.45, 7) is 3.14. The van der Waals surface area contributed by atoms with Gasteiger partial charge in [0, 0.05) is 12.0 Å². The zero-order chi connectivity index (χ0) is 10.9. The van der Waals surface area contributed by atoms with Crippen molar-refractivity contribution in [1.82, 2.24) is 0 Å². The second kappa shape index (κ2) is 3.91. The van der Waals surface area contributed by atoms with Crippen LogP contribution in [0.15, 0.2) is 18.2 Å². The van der Waals surface area contributed by atoms with Crippen molar-refractivity contribution in [3.63, 3.8) is 0 Å². The topological polar surface area (TPSA) is 29.5 Å². The molecule has 1 N–H and O–H groups in total. The van der Waals surface area contributed by atoms with Crippen molar-refractivity contribution in [2.24, 2.45) is 0 Å². The molecule has 1 saturated heterocycles. The first-order chi connectivity index (χ1) is 7.18. The molecule has 1 aliphatic heterocycles. The third kappa shape index (κ3) is 1.77. The van der Waals surface area contributed by atoms with Crippen LogP contribution in [-0.4, -0.2) is 24.9 Å². The van der Waals surface area contributed by atoms with Gasteiger partial charge in [0.2, 0.25) is 0 Å². The summed E-state index contributed by atoms with van der Waals surface area (Å²) >= 11 is 0. The van der Waals surface area contributed by atoms with Gasteiger partial charge < -0.3 is 9.84 Å². The average molecular weight is 210 g/mol. The molecule has 1 heterocycles. The van der Waals surface area contributed by atoms with Gasteiger partial charge >= 0.3 is 0 Å². The zero-order valence-corrected chi connectivity index (χ0v) is 8.79. The van der Waals surface area contributed by atoms with Gasteiger partial charge in [-0.2, -0.15) is 0 Å². The minimum Gasteiger partial charge on any atom is -0.396 e. The van der Waals surface area contributed by atoms with Crippen LogP contribution in [0, 0.1) is 12.7 Å². The molecule has 0 saturated carbocycles. The van der Waals surface area contributed by atoms with E-state index in [1.54, 1.807) is 13.0 Å². The number of benzene rings is 1. The van der Waals surface area contributed by atoms with Crippen molar-refractivity contribution in [1.29, 1.82) is 0 Å². The maximum Gasteiger partial charge on any atom is 0.126 e. The normalized spacial score (nSPS) is 18.6. The Labute approximate surface area is 88.7 Å². The van der Waals surface area contributed by atoms with Gasteiger partial charge in [-0.3, -0.25) is 0 Å². The van der Waals surface area contributed by atoms with Crippen LogP contribution >= 0.6 is 0 Å². The van der Waals surface area contributed by atoms with Crippen LogP contribution in [0.4, 0.5) is 4.39 Å². The van der Waals surface area contributed by atoms with E-state index in [1.807, 2.05) is 6.07 Å². The minimum absolute atomic E-state index is 0.0901. The first kappa shape index (κ1) is 10.6. The number of aliphatic hydroxyl groups is 1. The molecule has 0 atom stereocenters. The summed E-state index contributed by atoms with van der Waals surface area (Å²) in [5, 5.41) is 9.02. The first-order valence-corrected chi connectivity index (χ1v) is 5.13. The zero-order valence-electron chi connectivity index (χ0n) is 8.79. The van der Waals surface area contributed by atoms with E-state index in [9.17, 15) is 4.39 Å². The summed E-state index contributed by atoms with van der Waals surface area (Å²) in [5.41, 5.74) is 1.63. The second-order valence-corrected chi connectivity index (χ2v) is 4.21. The monoisotopic (exact) mass is 210 g/mol. The summed E-state index contributed by atoms with van der Waals surface area (Å²) in [5.74, 6) is -0.182. The van der Waals surface area contributed by atoms with E-state index in [2.05, 4.69) is 0 Å². The molecule has 0 spiro atoms. The van der Waals surface area contributed by atoms with Gasteiger partial charge in [0.05, 0.1) is 13.2 Å². The fraction of sp³-hybridized carbons (Fsp3) is 0.500. The molecule has 82 valence electrons.